The molecule has 2 heteroatoms. The first-order valence-electron chi connectivity index (χ1n) is 7.88. The molecule has 1 aliphatic heterocycles. The molecule has 0 bridgehead atoms. The van der Waals surface area contributed by atoms with Gasteiger partial charge in [-0.25, -0.2) is 0 Å². The van der Waals surface area contributed by atoms with Crippen molar-refractivity contribution in [2.75, 3.05) is 19.8 Å². The smallest absolute Gasteiger partial charge is 0.0716 e. The van der Waals surface area contributed by atoms with E-state index < -0.39 is 0 Å². The van der Waals surface area contributed by atoms with Crippen LogP contribution in [0.2, 0.25) is 0 Å². The average Bonchev–Trinajstić information content (AvgIpc) is 3.08. The molecule has 0 aromatic heterocycles. The van der Waals surface area contributed by atoms with E-state index in [4.69, 9.17) is 9.47 Å². The fourth-order valence-electron chi connectivity index (χ4n) is 3.48. The van der Waals surface area contributed by atoms with Crippen LogP contribution in [-0.4, -0.2) is 19.8 Å². The normalized spacial score (nSPS) is 24.4. The van der Waals surface area contributed by atoms with E-state index in [1.54, 1.807) is 5.57 Å². The van der Waals surface area contributed by atoms with Crippen LogP contribution in [0, 0.1) is 5.41 Å². The lowest BCUT2D eigenvalue weighted by Gasteiger charge is -2.18. The van der Waals surface area contributed by atoms with Gasteiger partial charge in [-0.3, -0.25) is 0 Å². The predicted octanol–water partition coefficient (Wildman–Crippen LogP) is 4.28. The van der Waals surface area contributed by atoms with Gasteiger partial charge in [0.15, 0.2) is 0 Å². The maximum Gasteiger partial charge on any atom is 0.0716 e. The topological polar surface area (TPSA) is 18.5 Å². The number of rotatable bonds is 7. The summed E-state index contributed by atoms with van der Waals surface area (Å²) in [5.41, 5.74) is 4.52. The molecule has 1 aromatic carbocycles. The first-order valence-corrected chi connectivity index (χ1v) is 7.88. The van der Waals surface area contributed by atoms with E-state index >= 15 is 0 Å². The van der Waals surface area contributed by atoms with Gasteiger partial charge in [0.05, 0.1) is 19.8 Å². The molecule has 1 aromatic rings. The molecule has 1 saturated heterocycles. The minimum Gasteiger partial charge on any atom is -0.377 e. The third-order valence-corrected chi connectivity index (χ3v) is 4.78. The van der Waals surface area contributed by atoms with Gasteiger partial charge in [0.2, 0.25) is 0 Å². The zero-order valence-corrected chi connectivity index (χ0v) is 12.6. The summed E-state index contributed by atoms with van der Waals surface area (Å²) in [7, 11) is 0. The third-order valence-electron chi connectivity index (χ3n) is 4.78. The highest BCUT2D eigenvalue weighted by molar-refractivity contribution is 5.35. The van der Waals surface area contributed by atoms with Crippen molar-refractivity contribution in [1.82, 2.24) is 0 Å². The maximum atomic E-state index is 5.77. The molecule has 1 aliphatic carbocycles. The Morgan fingerprint density at radius 1 is 1.29 bits per heavy atom. The minimum absolute atomic E-state index is 0.167. The van der Waals surface area contributed by atoms with E-state index in [1.807, 2.05) is 6.07 Å². The molecule has 0 unspecified atom stereocenters. The van der Waals surface area contributed by atoms with Crippen LogP contribution in [0.4, 0.5) is 0 Å². The highest BCUT2D eigenvalue weighted by atomic mass is 16.5. The van der Waals surface area contributed by atoms with Crippen LogP contribution in [0.15, 0.2) is 54.1 Å². The Hall–Kier alpha value is -1.38. The second kappa shape index (κ2) is 6.59. The van der Waals surface area contributed by atoms with Crippen LogP contribution in [0.25, 0.3) is 0 Å². The van der Waals surface area contributed by atoms with Gasteiger partial charge >= 0.3 is 0 Å². The summed E-state index contributed by atoms with van der Waals surface area (Å²) >= 11 is 0. The van der Waals surface area contributed by atoms with Crippen molar-refractivity contribution in [2.45, 2.75) is 32.3 Å². The summed E-state index contributed by atoms with van der Waals surface area (Å²) in [4.78, 5) is 0. The molecule has 2 aliphatic rings. The molecular formula is C19H24O2. The Labute approximate surface area is 127 Å². The molecule has 0 N–H and O–H groups in total. The Kier molecular flexibility index (Phi) is 4.57. The number of ether oxygens (including phenoxy) is 2. The average molecular weight is 284 g/mol. The number of fused-ring (bicyclic) bond motifs is 1. The van der Waals surface area contributed by atoms with Crippen molar-refractivity contribution < 1.29 is 9.47 Å². The zero-order chi connectivity index (χ0) is 14.5. The van der Waals surface area contributed by atoms with E-state index in [2.05, 4.69) is 36.9 Å². The second-order valence-electron chi connectivity index (χ2n) is 6.08. The maximum absolute atomic E-state index is 5.77. The summed E-state index contributed by atoms with van der Waals surface area (Å²) < 4.78 is 11.4. The van der Waals surface area contributed by atoms with Gasteiger partial charge in [-0.1, -0.05) is 42.0 Å². The highest BCUT2D eigenvalue weighted by Gasteiger charge is 2.42. The van der Waals surface area contributed by atoms with Crippen molar-refractivity contribution in [3.8, 4) is 0 Å². The van der Waals surface area contributed by atoms with E-state index in [9.17, 15) is 0 Å². The lowest BCUT2D eigenvalue weighted by atomic mass is 9.84. The SMILES string of the molecule is C=C[C@@]12CCC(CCCOCc3ccccc3)=C1COC2. The standard InChI is InChI=1S/C19H24O2/c1-2-19-11-10-17(18(19)14-21-15-19)9-6-12-20-13-16-7-4-3-5-8-16/h2-5,7-8H,1,6,9-15H2/t19-/m0/s1. The summed E-state index contributed by atoms with van der Waals surface area (Å²) in [6.45, 7) is 7.20. The van der Waals surface area contributed by atoms with Crippen LogP contribution < -0.4 is 0 Å². The lowest BCUT2D eigenvalue weighted by Crippen LogP contribution is -2.15. The van der Waals surface area contributed by atoms with Gasteiger partial charge in [0.25, 0.3) is 0 Å². The Balaban J connectivity index is 1.44. The van der Waals surface area contributed by atoms with E-state index in [0.717, 1.165) is 32.7 Å². The molecule has 21 heavy (non-hydrogen) atoms. The second-order valence-corrected chi connectivity index (χ2v) is 6.08. The van der Waals surface area contributed by atoms with Crippen molar-refractivity contribution in [1.29, 1.82) is 0 Å². The molecule has 3 rings (SSSR count). The van der Waals surface area contributed by atoms with Crippen molar-refractivity contribution in [3.05, 3.63) is 59.7 Å². The van der Waals surface area contributed by atoms with Crippen molar-refractivity contribution >= 4 is 0 Å². The van der Waals surface area contributed by atoms with Crippen LogP contribution in [-0.2, 0) is 16.1 Å². The molecule has 112 valence electrons. The third kappa shape index (κ3) is 3.12. The van der Waals surface area contributed by atoms with E-state index in [1.165, 1.54) is 24.0 Å². The molecule has 0 radical (unpaired) electrons. The quantitative estimate of drug-likeness (QED) is 0.549. The molecule has 0 spiro atoms. The fraction of sp³-hybridized carbons (Fsp3) is 0.474. The van der Waals surface area contributed by atoms with Gasteiger partial charge < -0.3 is 9.47 Å². The van der Waals surface area contributed by atoms with Crippen molar-refractivity contribution in [2.24, 2.45) is 5.41 Å². The molecule has 0 saturated carbocycles. The van der Waals surface area contributed by atoms with Crippen LogP contribution in [0.5, 0.6) is 0 Å². The molecule has 0 amide bonds. The molecule has 1 heterocycles. The summed E-state index contributed by atoms with van der Waals surface area (Å²) in [5.74, 6) is 0. The zero-order valence-electron chi connectivity index (χ0n) is 12.6. The van der Waals surface area contributed by atoms with Gasteiger partial charge in [-0.15, -0.1) is 6.58 Å². The number of allylic oxidation sites excluding steroid dienone is 1. The lowest BCUT2D eigenvalue weighted by molar-refractivity contribution is 0.118. The van der Waals surface area contributed by atoms with Crippen LogP contribution in [0.3, 0.4) is 0 Å². The highest BCUT2D eigenvalue weighted by Crippen LogP contribution is 2.49. The van der Waals surface area contributed by atoms with Gasteiger partial charge in [0.1, 0.15) is 0 Å². The van der Waals surface area contributed by atoms with Gasteiger partial charge in [0, 0.05) is 12.0 Å². The largest absolute Gasteiger partial charge is 0.377 e. The molecule has 1 fully saturated rings. The van der Waals surface area contributed by atoms with E-state index in [0.29, 0.717) is 6.61 Å². The summed E-state index contributed by atoms with van der Waals surface area (Å²) in [6.07, 6.45) is 6.74. The van der Waals surface area contributed by atoms with Crippen LogP contribution >= 0.6 is 0 Å². The fourth-order valence-corrected chi connectivity index (χ4v) is 3.48. The van der Waals surface area contributed by atoms with Gasteiger partial charge in [-0.2, -0.15) is 0 Å². The minimum atomic E-state index is 0.167. The monoisotopic (exact) mass is 284 g/mol. The number of hydrogen-bond acceptors (Lipinski definition) is 2. The van der Waals surface area contributed by atoms with Gasteiger partial charge in [-0.05, 0) is 36.8 Å². The van der Waals surface area contributed by atoms with E-state index in [-0.39, 0.29) is 5.41 Å². The Bertz CT molecular complexity index is 518. The molecular weight excluding hydrogens is 260 g/mol. The predicted molar refractivity (Wildman–Crippen MR) is 85.0 cm³/mol. The molecule has 2 nitrogen and oxygen atoms in total. The number of hydrogen-bond donors (Lipinski definition) is 0. The number of benzene rings is 1. The first-order chi connectivity index (χ1) is 10.3. The summed E-state index contributed by atoms with van der Waals surface area (Å²) in [6, 6.07) is 10.4. The Morgan fingerprint density at radius 2 is 2.14 bits per heavy atom. The molecule has 1 atom stereocenters. The van der Waals surface area contributed by atoms with Crippen LogP contribution in [0.1, 0.15) is 31.2 Å². The summed E-state index contributed by atoms with van der Waals surface area (Å²) in [5, 5.41) is 0. The Morgan fingerprint density at radius 3 is 2.95 bits per heavy atom. The first kappa shape index (κ1) is 14.6. The van der Waals surface area contributed by atoms with Crippen molar-refractivity contribution in [3.63, 3.8) is 0 Å².